The summed E-state index contributed by atoms with van der Waals surface area (Å²) in [7, 11) is 0. The highest BCUT2D eigenvalue weighted by molar-refractivity contribution is 7.80. The average molecular weight is 391 g/mol. The van der Waals surface area contributed by atoms with Gasteiger partial charge in [0.05, 0.1) is 25.3 Å². The van der Waals surface area contributed by atoms with Gasteiger partial charge in [-0.2, -0.15) is 0 Å². The van der Waals surface area contributed by atoms with Gasteiger partial charge >= 0.3 is 0 Å². The van der Waals surface area contributed by atoms with E-state index in [2.05, 4.69) is 34.4 Å². The Morgan fingerprint density at radius 1 is 1.37 bits per heavy atom. The largest absolute Gasteiger partial charge is 0.493 e. The van der Waals surface area contributed by atoms with E-state index in [0.717, 1.165) is 56.7 Å². The molecule has 0 spiro atoms. The van der Waals surface area contributed by atoms with Crippen molar-refractivity contribution in [2.45, 2.75) is 26.2 Å². The summed E-state index contributed by atoms with van der Waals surface area (Å²) in [5.74, 6) is 0.404. The maximum Gasteiger partial charge on any atom is 0.218 e. The van der Waals surface area contributed by atoms with E-state index in [4.69, 9.17) is 17.0 Å². The lowest BCUT2D eigenvalue weighted by Crippen LogP contribution is -3.14. The third-order valence-corrected chi connectivity index (χ3v) is 5.09. The minimum atomic E-state index is 0.00775. The Balaban J connectivity index is 1.55. The molecule has 7 nitrogen and oxygen atoms in total. The number of morpholine rings is 1. The zero-order valence-electron chi connectivity index (χ0n) is 15.9. The van der Waals surface area contributed by atoms with E-state index in [1.807, 2.05) is 18.2 Å². The molecule has 0 unspecified atom stereocenters. The van der Waals surface area contributed by atoms with Crippen LogP contribution in [0.2, 0.25) is 0 Å². The van der Waals surface area contributed by atoms with Gasteiger partial charge in [-0.05, 0) is 35.8 Å². The van der Waals surface area contributed by atoms with E-state index >= 15 is 0 Å². The summed E-state index contributed by atoms with van der Waals surface area (Å²) in [5, 5.41) is 22.7. The van der Waals surface area contributed by atoms with Crippen molar-refractivity contribution < 1.29 is 14.7 Å². The first-order valence-electron chi connectivity index (χ1n) is 9.50. The normalized spacial score (nSPS) is 15.8. The highest BCUT2D eigenvalue weighted by atomic mass is 32.1. The molecule has 27 heavy (non-hydrogen) atoms. The predicted molar refractivity (Wildman–Crippen MR) is 110 cm³/mol. The average Bonchev–Trinajstić information content (AvgIpc) is 2.98. The summed E-state index contributed by atoms with van der Waals surface area (Å²) in [6, 6.07) is 6.03. The van der Waals surface area contributed by atoms with Crippen molar-refractivity contribution >= 4 is 33.9 Å². The molecule has 2 heterocycles. The Morgan fingerprint density at radius 3 is 2.89 bits per heavy atom. The summed E-state index contributed by atoms with van der Waals surface area (Å²) >= 11 is 5.24. The van der Waals surface area contributed by atoms with Crippen LogP contribution in [-0.4, -0.2) is 54.6 Å². The second-order valence-electron chi connectivity index (χ2n) is 7.18. The van der Waals surface area contributed by atoms with Crippen LogP contribution in [0.25, 0.3) is 10.9 Å². The number of benzene rings is 1. The maximum absolute atomic E-state index is 10.1. The summed E-state index contributed by atoms with van der Waals surface area (Å²) in [6.45, 7) is 9.96. The van der Waals surface area contributed by atoms with Gasteiger partial charge in [-0.3, -0.25) is 0 Å². The lowest BCUT2D eigenvalue weighted by molar-refractivity contribution is -0.908. The second-order valence-corrected chi connectivity index (χ2v) is 7.57. The number of rotatable bonds is 6. The first kappa shape index (κ1) is 19.7. The van der Waals surface area contributed by atoms with Crippen LogP contribution in [0.15, 0.2) is 28.4 Å². The topological polar surface area (TPSA) is 86.4 Å². The number of aromatic hydroxyl groups is 1. The molecule has 0 aliphatic carbocycles. The fourth-order valence-corrected chi connectivity index (χ4v) is 3.36. The SMILES string of the molecule is CC(C)c1ccc2[nH]c(O)c(N=NC(=S)NCCC[NH+]3CCOCC3)c2c1. The first-order chi connectivity index (χ1) is 13.0. The van der Waals surface area contributed by atoms with Crippen LogP contribution in [0.1, 0.15) is 31.7 Å². The molecule has 146 valence electrons. The van der Waals surface area contributed by atoms with Crippen LogP contribution in [0.3, 0.4) is 0 Å². The van der Waals surface area contributed by atoms with E-state index < -0.39 is 0 Å². The number of hydrogen-bond acceptors (Lipinski definition) is 4. The molecule has 0 amide bonds. The lowest BCUT2D eigenvalue weighted by Gasteiger charge is -2.23. The summed E-state index contributed by atoms with van der Waals surface area (Å²) in [5.41, 5.74) is 2.44. The summed E-state index contributed by atoms with van der Waals surface area (Å²) in [4.78, 5) is 4.50. The third-order valence-electron chi connectivity index (χ3n) is 4.87. The number of hydrogen-bond donors (Lipinski definition) is 4. The van der Waals surface area contributed by atoms with Gasteiger partial charge in [-0.25, -0.2) is 0 Å². The van der Waals surface area contributed by atoms with E-state index in [9.17, 15) is 5.11 Å². The van der Waals surface area contributed by atoms with Crippen molar-refractivity contribution in [3.8, 4) is 5.88 Å². The third kappa shape index (κ3) is 5.24. The smallest absolute Gasteiger partial charge is 0.218 e. The Hall–Kier alpha value is -2.03. The van der Waals surface area contributed by atoms with E-state index in [0.29, 0.717) is 16.7 Å². The molecule has 1 aromatic carbocycles. The molecular formula is C19H28N5O2S+. The molecule has 3 rings (SSSR count). The van der Waals surface area contributed by atoms with Crippen LogP contribution in [0.5, 0.6) is 5.88 Å². The Morgan fingerprint density at radius 2 is 2.15 bits per heavy atom. The molecule has 0 bridgehead atoms. The molecule has 0 saturated carbocycles. The number of thiocarbonyl (C=S) groups is 1. The Kier molecular flexibility index (Phi) is 6.76. The van der Waals surface area contributed by atoms with Gasteiger partial charge in [0.1, 0.15) is 13.1 Å². The van der Waals surface area contributed by atoms with Gasteiger partial charge < -0.3 is 25.0 Å². The molecule has 0 atom stereocenters. The molecular weight excluding hydrogens is 362 g/mol. The quantitative estimate of drug-likeness (QED) is 0.346. The van der Waals surface area contributed by atoms with Crippen molar-refractivity contribution in [2.24, 2.45) is 10.2 Å². The van der Waals surface area contributed by atoms with E-state index in [1.54, 1.807) is 4.90 Å². The molecule has 4 N–H and O–H groups in total. The van der Waals surface area contributed by atoms with Gasteiger partial charge in [0.25, 0.3) is 0 Å². The standard InChI is InChI=1S/C19H27N5O2S/c1-13(2)14-4-5-16-15(12-14)17(18(25)21-16)22-23-19(27)20-6-3-7-24-8-10-26-11-9-24/h4-5,12-13,21,25H,3,6-11H2,1-2H3,(H,20,27)/p+1. The predicted octanol–water partition coefficient (Wildman–Crippen LogP) is 2.26. The number of aromatic amines is 1. The zero-order valence-corrected chi connectivity index (χ0v) is 16.7. The number of H-pyrrole nitrogens is 1. The van der Waals surface area contributed by atoms with Crippen LogP contribution in [0.4, 0.5) is 5.69 Å². The molecule has 0 radical (unpaired) electrons. The molecule has 1 aliphatic heterocycles. The van der Waals surface area contributed by atoms with Crippen molar-refractivity contribution in [3.05, 3.63) is 23.8 Å². The Labute approximate surface area is 164 Å². The highest BCUT2D eigenvalue weighted by Gasteiger charge is 2.13. The van der Waals surface area contributed by atoms with Crippen LogP contribution in [0, 0.1) is 0 Å². The van der Waals surface area contributed by atoms with Crippen molar-refractivity contribution in [1.29, 1.82) is 0 Å². The molecule has 1 fully saturated rings. The summed E-state index contributed by atoms with van der Waals surface area (Å²) in [6.07, 6.45) is 1.01. The van der Waals surface area contributed by atoms with Crippen LogP contribution < -0.4 is 10.2 Å². The minimum Gasteiger partial charge on any atom is -0.493 e. The van der Waals surface area contributed by atoms with Crippen molar-refractivity contribution in [2.75, 3.05) is 39.4 Å². The monoisotopic (exact) mass is 390 g/mol. The maximum atomic E-state index is 10.1. The minimum absolute atomic E-state index is 0.00775. The van der Waals surface area contributed by atoms with E-state index in [1.165, 1.54) is 5.56 Å². The number of azo groups is 1. The van der Waals surface area contributed by atoms with Crippen LogP contribution >= 0.6 is 12.2 Å². The van der Waals surface area contributed by atoms with Gasteiger partial charge in [-0.1, -0.05) is 19.9 Å². The van der Waals surface area contributed by atoms with Crippen molar-refractivity contribution in [3.63, 3.8) is 0 Å². The first-order valence-corrected chi connectivity index (χ1v) is 9.91. The van der Waals surface area contributed by atoms with Gasteiger partial charge in [0, 0.05) is 18.4 Å². The molecule has 1 aliphatic rings. The number of nitrogens with zero attached hydrogens (tertiary/aromatic N) is 2. The zero-order chi connectivity index (χ0) is 19.2. The van der Waals surface area contributed by atoms with Gasteiger partial charge in [0.15, 0.2) is 5.69 Å². The molecule has 1 aromatic heterocycles. The number of quaternary nitrogens is 1. The molecule has 1 saturated heterocycles. The number of fused-ring (bicyclic) bond motifs is 1. The molecule has 2 aromatic rings. The van der Waals surface area contributed by atoms with Gasteiger partial charge in [0.2, 0.25) is 11.0 Å². The van der Waals surface area contributed by atoms with E-state index in [-0.39, 0.29) is 5.88 Å². The second kappa shape index (κ2) is 9.25. The number of ether oxygens (including phenoxy) is 1. The highest BCUT2D eigenvalue weighted by Crippen LogP contribution is 2.36. The Bertz CT molecular complexity index is 812. The van der Waals surface area contributed by atoms with Crippen LogP contribution in [-0.2, 0) is 4.74 Å². The summed E-state index contributed by atoms with van der Waals surface area (Å²) < 4.78 is 5.36. The van der Waals surface area contributed by atoms with Crippen molar-refractivity contribution in [1.82, 2.24) is 10.3 Å². The molecule has 8 heteroatoms. The fraction of sp³-hybridized carbons (Fsp3) is 0.526. The number of aromatic nitrogens is 1. The number of nitrogens with one attached hydrogen (secondary N) is 3. The fourth-order valence-electron chi connectivity index (χ4n) is 3.22. The van der Waals surface area contributed by atoms with Gasteiger partial charge in [-0.15, -0.1) is 10.2 Å². The lowest BCUT2D eigenvalue weighted by atomic mass is 10.0.